The van der Waals surface area contributed by atoms with Crippen molar-refractivity contribution in [1.29, 1.82) is 0 Å². The zero-order chi connectivity index (χ0) is 25.2. The third-order valence-electron chi connectivity index (χ3n) is 6.17. The van der Waals surface area contributed by atoms with E-state index in [0.717, 1.165) is 46.9 Å². The van der Waals surface area contributed by atoms with E-state index in [1.54, 1.807) is 13.3 Å². The van der Waals surface area contributed by atoms with Crippen molar-refractivity contribution in [2.24, 2.45) is 16.5 Å². The fraction of sp³-hybridized carbons (Fsp3) is 0.185. The van der Waals surface area contributed by atoms with Crippen LogP contribution in [0.25, 0.3) is 11.1 Å². The summed E-state index contributed by atoms with van der Waals surface area (Å²) < 4.78 is 7.77. The van der Waals surface area contributed by atoms with Crippen LogP contribution in [0.15, 0.2) is 101 Å². The minimum absolute atomic E-state index is 0.308. The Morgan fingerprint density at radius 1 is 1.03 bits per heavy atom. The number of allylic oxidation sites excluding steroid dienone is 1. The molecule has 2 aliphatic heterocycles. The van der Waals surface area contributed by atoms with Gasteiger partial charge in [-0.15, -0.1) is 0 Å². The molecule has 9 nitrogen and oxygen atoms in total. The summed E-state index contributed by atoms with van der Waals surface area (Å²) in [6.45, 7) is 1.73. The molecule has 3 aromatic rings. The molecule has 36 heavy (non-hydrogen) atoms. The second-order valence-corrected chi connectivity index (χ2v) is 8.84. The Balaban J connectivity index is 1.52. The number of ether oxygens (including phenoxy) is 1. The van der Waals surface area contributed by atoms with E-state index in [9.17, 15) is 0 Å². The van der Waals surface area contributed by atoms with Crippen molar-refractivity contribution in [3.63, 3.8) is 0 Å². The first-order valence-corrected chi connectivity index (χ1v) is 11.7. The molecule has 4 N–H and O–H groups in total. The van der Waals surface area contributed by atoms with Crippen molar-refractivity contribution < 1.29 is 4.74 Å². The summed E-state index contributed by atoms with van der Waals surface area (Å²) in [7, 11) is 5.74. The summed E-state index contributed by atoms with van der Waals surface area (Å²) in [5.41, 5.74) is 18.5. The third-order valence-corrected chi connectivity index (χ3v) is 6.17. The van der Waals surface area contributed by atoms with Crippen LogP contribution in [0.3, 0.4) is 0 Å². The van der Waals surface area contributed by atoms with Crippen LogP contribution in [-0.2, 0) is 6.54 Å². The summed E-state index contributed by atoms with van der Waals surface area (Å²) in [6, 6.07) is 15.9. The molecular formula is C27H30N8O. The van der Waals surface area contributed by atoms with E-state index in [4.69, 9.17) is 16.2 Å². The molecule has 2 aliphatic rings. The molecule has 0 saturated heterocycles. The first-order valence-electron chi connectivity index (χ1n) is 11.7. The van der Waals surface area contributed by atoms with Gasteiger partial charge in [0.15, 0.2) is 0 Å². The number of hydrogen-bond acceptors (Lipinski definition) is 8. The number of aromatic nitrogens is 2. The molecule has 0 aliphatic carbocycles. The second kappa shape index (κ2) is 9.63. The van der Waals surface area contributed by atoms with E-state index in [1.807, 2.05) is 102 Å². The average molecular weight is 483 g/mol. The van der Waals surface area contributed by atoms with E-state index in [-0.39, 0.29) is 0 Å². The van der Waals surface area contributed by atoms with Gasteiger partial charge in [-0.25, -0.2) is 4.99 Å². The van der Waals surface area contributed by atoms with Gasteiger partial charge in [0.05, 0.1) is 31.2 Å². The van der Waals surface area contributed by atoms with Crippen molar-refractivity contribution in [2.45, 2.75) is 6.54 Å². The molecule has 9 heteroatoms. The van der Waals surface area contributed by atoms with Crippen LogP contribution in [-0.4, -0.2) is 48.4 Å². The fourth-order valence-electron chi connectivity index (χ4n) is 4.27. The molecule has 0 amide bonds. The number of rotatable bonds is 7. The number of para-hydroxylation sites is 1. The van der Waals surface area contributed by atoms with Gasteiger partial charge in [-0.3, -0.25) is 9.58 Å². The lowest BCUT2D eigenvalue weighted by atomic mass is 10.0. The zero-order valence-electron chi connectivity index (χ0n) is 20.7. The number of benzene rings is 2. The van der Waals surface area contributed by atoms with E-state index < -0.39 is 0 Å². The Morgan fingerprint density at radius 2 is 1.83 bits per heavy atom. The number of aliphatic imine (C=N–C) groups is 1. The Labute approximate surface area is 210 Å². The van der Waals surface area contributed by atoms with E-state index in [2.05, 4.69) is 15.0 Å². The van der Waals surface area contributed by atoms with Gasteiger partial charge in [0.2, 0.25) is 5.96 Å². The topological polar surface area (TPSA) is 101 Å². The standard InChI is InChI=1S/C27H30N8O/c1-32(2)13-14-33-18-21(17-31-33)19-9-10-23(24(15-19)36-3)35-25-20(16-30-27(35)29)11-12-34(26(25)28)22-7-5-4-6-8-22/h4-12,15-18H,13-14,28H2,1-3H3,(H2,29,30). The quantitative estimate of drug-likeness (QED) is 0.533. The number of hydrogen-bond donors (Lipinski definition) is 2. The fourth-order valence-corrected chi connectivity index (χ4v) is 4.27. The number of methoxy groups -OCH3 is 1. The summed E-state index contributed by atoms with van der Waals surface area (Å²) in [5.74, 6) is 1.50. The number of fused-ring (bicyclic) bond motifs is 1. The second-order valence-electron chi connectivity index (χ2n) is 8.84. The normalized spacial score (nSPS) is 15.2. The smallest absolute Gasteiger partial charge is 0.205 e. The van der Waals surface area contributed by atoms with Crippen LogP contribution >= 0.6 is 0 Å². The lowest BCUT2D eigenvalue weighted by molar-refractivity contribution is 0.373. The van der Waals surface area contributed by atoms with Crippen LogP contribution < -0.4 is 26.0 Å². The predicted molar refractivity (Wildman–Crippen MR) is 144 cm³/mol. The maximum absolute atomic E-state index is 6.73. The van der Waals surface area contributed by atoms with Gasteiger partial charge in [-0.2, -0.15) is 5.10 Å². The highest BCUT2D eigenvalue weighted by Gasteiger charge is 2.31. The van der Waals surface area contributed by atoms with Crippen LogP contribution in [0.4, 0.5) is 11.4 Å². The Kier molecular flexibility index (Phi) is 6.22. The van der Waals surface area contributed by atoms with Crippen LogP contribution in [0.2, 0.25) is 0 Å². The monoisotopic (exact) mass is 482 g/mol. The van der Waals surface area contributed by atoms with Gasteiger partial charge in [-0.05, 0) is 50.0 Å². The summed E-state index contributed by atoms with van der Waals surface area (Å²) in [6.07, 6.45) is 9.55. The first-order chi connectivity index (χ1) is 17.5. The summed E-state index contributed by atoms with van der Waals surface area (Å²) in [4.78, 5) is 10.3. The molecule has 2 aromatic carbocycles. The number of guanidine groups is 1. The molecule has 0 fully saturated rings. The zero-order valence-corrected chi connectivity index (χ0v) is 20.7. The average Bonchev–Trinajstić information content (AvgIpc) is 3.37. The predicted octanol–water partition coefficient (Wildman–Crippen LogP) is 3.30. The summed E-state index contributed by atoms with van der Waals surface area (Å²) in [5, 5.41) is 4.50. The van der Waals surface area contributed by atoms with Crippen molar-refractivity contribution in [3.8, 4) is 16.9 Å². The maximum atomic E-state index is 6.73. The SMILES string of the molecule is COc1cc(-c2cnn(CCN(C)C)c2)ccc1N1C(N)=NC=C2C=CN(c3ccccc3)C(N)=C21. The minimum Gasteiger partial charge on any atom is -0.495 e. The lowest BCUT2D eigenvalue weighted by Gasteiger charge is -2.36. The van der Waals surface area contributed by atoms with Crippen LogP contribution in [0.5, 0.6) is 5.75 Å². The molecule has 0 unspecified atom stereocenters. The number of likely N-dealkylation sites (N-methyl/N-ethyl adjacent to an activating group) is 1. The molecule has 0 bridgehead atoms. The molecule has 1 aromatic heterocycles. The largest absolute Gasteiger partial charge is 0.495 e. The van der Waals surface area contributed by atoms with Gasteiger partial charge in [0.1, 0.15) is 11.6 Å². The maximum Gasteiger partial charge on any atom is 0.205 e. The Bertz CT molecular complexity index is 1380. The number of anilines is 2. The molecule has 3 heterocycles. The van der Waals surface area contributed by atoms with Gasteiger partial charge in [-0.1, -0.05) is 24.3 Å². The van der Waals surface area contributed by atoms with Gasteiger partial charge >= 0.3 is 0 Å². The minimum atomic E-state index is 0.308. The molecule has 0 spiro atoms. The van der Waals surface area contributed by atoms with Crippen molar-refractivity contribution in [1.82, 2.24) is 14.7 Å². The molecule has 0 atom stereocenters. The molecule has 0 radical (unpaired) electrons. The highest BCUT2D eigenvalue weighted by molar-refractivity contribution is 6.03. The van der Waals surface area contributed by atoms with Crippen LogP contribution in [0.1, 0.15) is 0 Å². The Morgan fingerprint density at radius 3 is 2.58 bits per heavy atom. The number of nitrogens with two attached hydrogens (primary N) is 2. The van der Waals surface area contributed by atoms with E-state index in [0.29, 0.717) is 17.5 Å². The molecule has 5 rings (SSSR count). The van der Waals surface area contributed by atoms with Crippen molar-refractivity contribution in [2.75, 3.05) is 37.5 Å². The highest BCUT2D eigenvalue weighted by Crippen LogP contribution is 2.40. The summed E-state index contributed by atoms with van der Waals surface area (Å²) >= 11 is 0. The first kappa shape index (κ1) is 23.3. The highest BCUT2D eigenvalue weighted by atomic mass is 16.5. The molecule has 184 valence electrons. The van der Waals surface area contributed by atoms with E-state index in [1.165, 1.54) is 0 Å². The van der Waals surface area contributed by atoms with Gasteiger partial charge in [0.25, 0.3) is 0 Å². The molecular weight excluding hydrogens is 452 g/mol. The third kappa shape index (κ3) is 4.32. The Hall–Kier alpha value is -4.50. The van der Waals surface area contributed by atoms with Gasteiger partial charge < -0.3 is 26.0 Å². The van der Waals surface area contributed by atoms with Crippen molar-refractivity contribution >= 4 is 17.3 Å². The number of nitrogens with zero attached hydrogens (tertiary/aromatic N) is 6. The van der Waals surface area contributed by atoms with Crippen LogP contribution in [0, 0.1) is 0 Å². The van der Waals surface area contributed by atoms with E-state index >= 15 is 0 Å². The van der Waals surface area contributed by atoms with Gasteiger partial charge in [0, 0.05) is 42.0 Å². The molecule has 0 saturated carbocycles. The van der Waals surface area contributed by atoms with Crippen molar-refractivity contribution in [3.05, 3.63) is 96.5 Å². The lowest BCUT2D eigenvalue weighted by Crippen LogP contribution is -2.43.